The average molecular weight is 146 g/mol. The molecule has 2 unspecified atom stereocenters. The molecule has 1 rings (SSSR count). The van der Waals surface area contributed by atoms with E-state index in [0.717, 1.165) is 0 Å². The first-order valence-electron chi connectivity index (χ1n) is 2.93. The van der Waals surface area contributed by atoms with Gasteiger partial charge in [-0.05, 0) is 19.1 Å². The first kappa shape index (κ1) is 7.68. The van der Waals surface area contributed by atoms with Crippen LogP contribution in [0, 0.1) is 0 Å². The van der Waals surface area contributed by atoms with Crippen molar-refractivity contribution >= 4 is 0 Å². The van der Waals surface area contributed by atoms with Crippen molar-refractivity contribution in [3.8, 4) is 0 Å². The van der Waals surface area contributed by atoms with Gasteiger partial charge in [-0.1, -0.05) is 0 Å². The van der Waals surface area contributed by atoms with Crippen LogP contribution in [0.2, 0.25) is 0 Å². The maximum absolute atomic E-state index is 8.16. The third kappa shape index (κ3) is 1.35. The van der Waals surface area contributed by atoms with E-state index < -0.39 is 12.1 Å². The molecule has 0 spiro atoms. The molecule has 4 heteroatoms. The van der Waals surface area contributed by atoms with Crippen LogP contribution in [-0.4, -0.2) is 24.4 Å². The van der Waals surface area contributed by atoms with Gasteiger partial charge in [0.1, 0.15) is 0 Å². The Kier molecular flexibility index (Phi) is 2.05. The molecule has 0 saturated heterocycles. The minimum absolute atomic E-state index is 0.704. The second-order valence-corrected chi connectivity index (χ2v) is 2.17. The molecule has 1 aliphatic rings. The second-order valence-electron chi connectivity index (χ2n) is 2.17. The normalized spacial score (nSPS) is 38.9. The summed E-state index contributed by atoms with van der Waals surface area (Å²) in [6.45, 7) is 1.72. The summed E-state index contributed by atoms with van der Waals surface area (Å²) in [5, 5.41) is 8.16. The lowest BCUT2D eigenvalue weighted by Crippen LogP contribution is -2.28. The minimum Gasteiger partial charge on any atom is -0.350 e. The highest BCUT2D eigenvalue weighted by Gasteiger charge is 2.30. The van der Waals surface area contributed by atoms with E-state index in [4.69, 9.17) is 14.7 Å². The van der Waals surface area contributed by atoms with E-state index in [1.165, 1.54) is 7.11 Å². The molecule has 2 atom stereocenters. The molecule has 0 aromatic carbocycles. The van der Waals surface area contributed by atoms with Gasteiger partial charge in [0.05, 0.1) is 0 Å². The minimum atomic E-state index is -0.757. The molecule has 1 aliphatic heterocycles. The quantitative estimate of drug-likeness (QED) is 0.355. The van der Waals surface area contributed by atoms with E-state index in [1.807, 2.05) is 0 Å². The molecule has 0 aromatic heterocycles. The van der Waals surface area contributed by atoms with Gasteiger partial charge in [0.15, 0.2) is 5.79 Å². The molecule has 0 bridgehead atoms. The van der Waals surface area contributed by atoms with Gasteiger partial charge in [-0.15, -0.1) is 0 Å². The maximum atomic E-state index is 8.16. The topological polar surface area (TPSA) is 47.9 Å². The van der Waals surface area contributed by atoms with Gasteiger partial charge in [0, 0.05) is 7.11 Å². The highest BCUT2D eigenvalue weighted by molar-refractivity contribution is 5.02. The summed E-state index contributed by atoms with van der Waals surface area (Å²) >= 11 is 0. The Bertz CT molecular complexity index is 145. The zero-order valence-corrected chi connectivity index (χ0v) is 5.90. The van der Waals surface area contributed by atoms with E-state index in [0.29, 0.717) is 0 Å². The van der Waals surface area contributed by atoms with Crippen molar-refractivity contribution in [3.05, 3.63) is 12.2 Å². The third-order valence-corrected chi connectivity index (χ3v) is 1.42. The van der Waals surface area contributed by atoms with E-state index in [2.05, 4.69) is 4.89 Å². The Morgan fingerprint density at radius 3 is 2.70 bits per heavy atom. The predicted molar refractivity (Wildman–Crippen MR) is 33.1 cm³/mol. The summed E-state index contributed by atoms with van der Waals surface area (Å²) in [6, 6.07) is 0. The summed E-state index contributed by atoms with van der Waals surface area (Å²) in [5.41, 5.74) is 0. The van der Waals surface area contributed by atoms with E-state index in [1.54, 1.807) is 19.1 Å². The SMILES string of the molecule is COC1(C)C=CC(OO)O1. The summed E-state index contributed by atoms with van der Waals surface area (Å²) in [7, 11) is 1.52. The van der Waals surface area contributed by atoms with Crippen LogP contribution in [0.5, 0.6) is 0 Å². The fraction of sp³-hybridized carbons (Fsp3) is 0.667. The van der Waals surface area contributed by atoms with Crippen molar-refractivity contribution in [3.63, 3.8) is 0 Å². The van der Waals surface area contributed by atoms with Crippen LogP contribution in [0.3, 0.4) is 0 Å². The molecule has 0 saturated carbocycles. The molecule has 0 aliphatic carbocycles. The summed E-state index contributed by atoms with van der Waals surface area (Å²) in [4.78, 5) is 3.92. The predicted octanol–water partition coefficient (Wildman–Crippen LogP) is 0.751. The van der Waals surface area contributed by atoms with E-state index >= 15 is 0 Å². The lowest BCUT2D eigenvalue weighted by molar-refractivity contribution is -0.359. The molecule has 1 N–H and O–H groups in total. The van der Waals surface area contributed by atoms with Gasteiger partial charge < -0.3 is 9.47 Å². The van der Waals surface area contributed by atoms with Crippen LogP contribution in [-0.2, 0) is 14.4 Å². The number of methoxy groups -OCH3 is 1. The second kappa shape index (κ2) is 2.67. The van der Waals surface area contributed by atoms with Gasteiger partial charge in [0.2, 0.25) is 6.29 Å². The zero-order chi connectivity index (χ0) is 7.61. The molecule has 0 aromatic rings. The largest absolute Gasteiger partial charge is 0.350 e. The van der Waals surface area contributed by atoms with Crippen molar-refractivity contribution in [2.75, 3.05) is 7.11 Å². The standard InChI is InChI=1S/C6H10O4/c1-6(8-2)4-3-5(9-6)10-7/h3-5,7H,1-2H3. The van der Waals surface area contributed by atoms with E-state index in [9.17, 15) is 0 Å². The Balaban J connectivity index is 2.51. The lowest BCUT2D eigenvalue weighted by Gasteiger charge is -2.20. The molecule has 0 radical (unpaired) electrons. The lowest BCUT2D eigenvalue weighted by atomic mass is 10.3. The van der Waals surface area contributed by atoms with Gasteiger partial charge in [-0.25, -0.2) is 10.1 Å². The van der Waals surface area contributed by atoms with Gasteiger partial charge in [-0.3, -0.25) is 0 Å². The molecule has 58 valence electrons. The summed E-state index contributed by atoms with van der Waals surface area (Å²) in [6.07, 6.45) is 2.54. The number of ether oxygens (including phenoxy) is 2. The smallest absolute Gasteiger partial charge is 0.213 e. The van der Waals surface area contributed by atoms with Crippen LogP contribution in [0.25, 0.3) is 0 Å². The van der Waals surface area contributed by atoms with Gasteiger partial charge in [0.25, 0.3) is 0 Å². The Morgan fingerprint density at radius 1 is 1.70 bits per heavy atom. The summed E-state index contributed by atoms with van der Waals surface area (Å²) in [5.74, 6) is -0.757. The molecular weight excluding hydrogens is 136 g/mol. The monoisotopic (exact) mass is 146 g/mol. The highest BCUT2D eigenvalue weighted by atomic mass is 17.1. The van der Waals surface area contributed by atoms with Crippen molar-refractivity contribution < 1.29 is 19.6 Å². The zero-order valence-electron chi connectivity index (χ0n) is 5.90. The van der Waals surface area contributed by atoms with Crippen LogP contribution < -0.4 is 0 Å². The van der Waals surface area contributed by atoms with Crippen LogP contribution in [0.15, 0.2) is 12.2 Å². The van der Waals surface area contributed by atoms with Crippen molar-refractivity contribution in [2.24, 2.45) is 0 Å². The number of rotatable bonds is 2. The Labute approximate surface area is 58.9 Å². The number of hydrogen-bond donors (Lipinski definition) is 1. The van der Waals surface area contributed by atoms with E-state index in [-0.39, 0.29) is 0 Å². The molecular formula is C6H10O4. The fourth-order valence-electron chi connectivity index (χ4n) is 0.735. The van der Waals surface area contributed by atoms with Crippen LogP contribution in [0.1, 0.15) is 6.92 Å². The van der Waals surface area contributed by atoms with Crippen LogP contribution in [0.4, 0.5) is 0 Å². The maximum Gasteiger partial charge on any atom is 0.213 e. The average Bonchev–Trinajstić information content (AvgIpc) is 2.33. The molecule has 0 amide bonds. The van der Waals surface area contributed by atoms with Crippen molar-refractivity contribution in [1.82, 2.24) is 0 Å². The first-order valence-corrected chi connectivity index (χ1v) is 2.93. The Morgan fingerprint density at radius 2 is 2.40 bits per heavy atom. The molecule has 4 nitrogen and oxygen atoms in total. The molecule has 1 heterocycles. The number of hydrogen-bond acceptors (Lipinski definition) is 4. The van der Waals surface area contributed by atoms with Crippen LogP contribution >= 0.6 is 0 Å². The highest BCUT2D eigenvalue weighted by Crippen LogP contribution is 2.23. The van der Waals surface area contributed by atoms with Crippen molar-refractivity contribution in [2.45, 2.75) is 19.0 Å². The third-order valence-electron chi connectivity index (χ3n) is 1.42. The summed E-state index contributed by atoms with van der Waals surface area (Å²) < 4.78 is 9.97. The fourth-order valence-corrected chi connectivity index (χ4v) is 0.735. The van der Waals surface area contributed by atoms with Gasteiger partial charge in [-0.2, -0.15) is 0 Å². The molecule has 0 fully saturated rings. The van der Waals surface area contributed by atoms with Gasteiger partial charge >= 0.3 is 0 Å². The van der Waals surface area contributed by atoms with Crippen molar-refractivity contribution in [1.29, 1.82) is 0 Å². The first-order chi connectivity index (χ1) is 4.70. The molecule has 10 heavy (non-hydrogen) atoms. The Hall–Kier alpha value is -0.420.